The van der Waals surface area contributed by atoms with Crippen molar-refractivity contribution in [3.8, 4) is 6.07 Å². The first-order chi connectivity index (χ1) is 8.15. The predicted molar refractivity (Wildman–Crippen MR) is 70.5 cm³/mol. The Balaban J connectivity index is 3.11. The lowest BCUT2D eigenvalue weighted by Crippen LogP contribution is -2.14. The van der Waals surface area contributed by atoms with E-state index in [9.17, 15) is 16.8 Å². The van der Waals surface area contributed by atoms with E-state index < -0.39 is 30.4 Å². The van der Waals surface area contributed by atoms with Gasteiger partial charge in [-0.1, -0.05) is 0 Å². The molecule has 18 heavy (non-hydrogen) atoms. The maximum atomic E-state index is 11.9. The summed E-state index contributed by atoms with van der Waals surface area (Å²) in [6.45, 7) is 0. The fourth-order valence-corrected chi connectivity index (χ4v) is 5.35. The summed E-state index contributed by atoms with van der Waals surface area (Å²) in [6, 6.07) is 5.80. The van der Waals surface area contributed by atoms with Crippen molar-refractivity contribution in [2.75, 3.05) is 11.5 Å². The normalized spacial score (nSPS) is 12.1. The minimum atomic E-state index is -3.87. The molecule has 0 saturated carbocycles. The van der Waals surface area contributed by atoms with Crippen molar-refractivity contribution in [2.45, 2.75) is 4.90 Å². The Morgan fingerprint density at radius 3 is 2.28 bits per heavy atom. The summed E-state index contributed by atoms with van der Waals surface area (Å²) in [5.41, 5.74) is 0.297. The Labute approximate surface area is 118 Å². The van der Waals surface area contributed by atoms with Crippen LogP contribution in [0.25, 0.3) is 0 Å². The quantitative estimate of drug-likeness (QED) is 0.750. The van der Waals surface area contributed by atoms with Gasteiger partial charge < -0.3 is 0 Å². The van der Waals surface area contributed by atoms with Crippen LogP contribution in [-0.2, 0) is 18.9 Å². The predicted octanol–water partition coefficient (Wildman–Crippen LogP) is 1.66. The van der Waals surface area contributed by atoms with Crippen molar-refractivity contribution in [3.05, 3.63) is 28.2 Å². The highest BCUT2D eigenvalue weighted by Crippen LogP contribution is 2.24. The Hall–Kier alpha value is -0.620. The third-order valence-corrected chi connectivity index (χ3v) is 6.09. The highest BCUT2D eigenvalue weighted by molar-refractivity contribution is 9.10. The van der Waals surface area contributed by atoms with Crippen LogP contribution in [0.15, 0.2) is 27.6 Å². The van der Waals surface area contributed by atoms with Gasteiger partial charge in [-0.3, -0.25) is 0 Å². The molecule has 1 rings (SSSR count). The summed E-state index contributed by atoms with van der Waals surface area (Å²) in [5.74, 6) is -1.27. The van der Waals surface area contributed by atoms with E-state index in [2.05, 4.69) is 15.9 Å². The van der Waals surface area contributed by atoms with Crippen LogP contribution in [0.4, 0.5) is 0 Å². The fourth-order valence-electron chi connectivity index (χ4n) is 1.14. The largest absolute Gasteiger partial charge is 0.233 e. The van der Waals surface area contributed by atoms with E-state index in [-0.39, 0.29) is 9.37 Å². The first kappa shape index (κ1) is 15.4. The van der Waals surface area contributed by atoms with Gasteiger partial charge >= 0.3 is 0 Å². The van der Waals surface area contributed by atoms with Crippen LogP contribution < -0.4 is 0 Å². The number of nitrogens with zero attached hydrogens (tertiary/aromatic N) is 1. The van der Waals surface area contributed by atoms with Gasteiger partial charge in [0.15, 0.2) is 9.84 Å². The van der Waals surface area contributed by atoms with Crippen molar-refractivity contribution >= 4 is 45.5 Å². The molecule has 0 aliphatic rings. The summed E-state index contributed by atoms with van der Waals surface area (Å²) >= 11 is 3.03. The van der Waals surface area contributed by atoms with Gasteiger partial charge in [0, 0.05) is 15.2 Å². The van der Waals surface area contributed by atoms with Gasteiger partial charge in [-0.25, -0.2) is 16.8 Å². The van der Waals surface area contributed by atoms with E-state index in [0.717, 1.165) is 0 Å². The van der Waals surface area contributed by atoms with Crippen LogP contribution >= 0.6 is 26.6 Å². The van der Waals surface area contributed by atoms with Crippen molar-refractivity contribution in [1.82, 2.24) is 0 Å². The molecule has 0 heterocycles. The zero-order valence-electron chi connectivity index (χ0n) is 8.80. The molecule has 5 nitrogen and oxygen atoms in total. The lowest BCUT2D eigenvalue weighted by atomic mass is 10.2. The minimum Gasteiger partial charge on any atom is -0.224 e. The molecule has 0 radical (unpaired) electrons. The number of benzene rings is 1. The first-order valence-electron chi connectivity index (χ1n) is 4.50. The van der Waals surface area contributed by atoms with E-state index in [4.69, 9.17) is 15.9 Å². The lowest BCUT2D eigenvalue weighted by Gasteiger charge is -2.05. The third-order valence-electron chi connectivity index (χ3n) is 1.99. The van der Waals surface area contributed by atoms with Crippen LogP contribution in [-0.4, -0.2) is 28.3 Å². The SMILES string of the molecule is N#Cc1ccc(S(=O)(=O)CCS(=O)(=O)Cl)c(Br)c1. The molecule has 0 aromatic heterocycles. The highest BCUT2D eigenvalue weighted by Gasteiger charge is 2.21. The van der Waals surface area contributed by atoms with E-state index in [1.54, 1.807) is 0 Å². The molecule has 1 aromatic carbocycles. The number of hydrogen-bond donors (Lipinski definition) is 0. The van der Waals surface area contributed by atoms with Gasteiger partial charge in [-0.05, 0) is 34.1 Å². The van der Waals surface area contributed by atoms with Crippen LogP contribution in [0.5, 0.6) is 0 Å². The summed E-state index contributed by atoms with van der Waals surface area (Å²) in [4.78, 5) is -0.0678. The van der Waals surface area contributed by atoms with Crippen molar-refractivity contribution in [1.29, 1.82) is 5.26 Å². The summed E-state index contributed by atoms with van der Waals surface area (Å²) in [5, 5.41) is 8.65. The molecule has 9 heteroatoms. The maximum Gasteiger partial charge on any atom is 0.233 e. The van der Waals surface area contributed by atoms with Crippen LogP contribution in [0.1, 0.15) is 5.56 Å². The number of nitriles is 1. The summed E-state index contributed by atoms with van der Waals surface area (Å²) in [7, 11) is -2.67. The fraction of sp³-hybridized carbons (Fsp3) is 0.222. The molecule has 0 spiro atoms. The van der Waals surface area contributed by atoms with Gasteiger partial charge in [0.25, 0.3) is 0 Å². The summed E-state index contributed by atoms with van der Waals surface area (Å²) in [6.07, 6.45) is 0. The second-order valence-corrected chi connectivity index (χ2v) is 9.15. The average Bonchev–Trinajstić information content (AvgIpc) is 2.25. The number of hydrogen-bond acceptors (Lipinski definition) is 5. The van der Waals surface area contributed by atoms with Gasteiger partial charge in [0.1, 0.15) is 0 Å². The van der Waals surface area contributed by atoms with Crippen molar-refractivity contribution in [3.63, 3.8) is 0 Å². The zero-order valence-corrected chi connectivity index (χ0v) is 12.8. The Kier molecular flexibility index (Phi) is 4.78. The Morgan fingerprint density at radius 2 is 1.83 bits per heavy atom. The molecule has 0 fully saturated rings. The molecule has 0 amide bonds. The molecule has 98 valence electrons. The van der Waals surface area contributed by atoms with Crippen LogP contribution in [0.2, 0.25) is 0 Å². The number of sulfone groups is 1. The molecular weight excluding hydrogens is 366 g/mol. The first-order valence-corrected chi connectivity index (χ1v) is 9.43. The monoisotopic (exact) mass is 371 g/mol. The maximum absolute atomic E-state index is 11.9. The van der Waals surface area contributed by atoms with E-state index in [1.807, 2.05) is 6.07 Å². The smallest absolute Gasteiger partial charge is 0.224 e. The molecule has 0 unspecified atom stereocenters. The molecule has 1 aromatic rings. The lowest BCUT2D eigenvalue weighted by molar-refractivity contribution is 0.592. The molecule has 0 atom stereocenters. The molecule has 0 bridgehead atoms. The second-order valence-electron chi connectivity index (χ2n) is 3.32. The molecule has 0 N–H and O–H groups in total. The third kappa shape index (κ3) is 4.24. The van der Waals surface area contributed by atoms with Crippen molar-refractivity contribution in [2.24, 2.45) is 0 Å². The van der Waals surface area contributed by atoms with Crippen molar-refractivity contribution < 1.29 is 16.8 Å². The molecule has 0 aliphatic heterocycles. The number of rotatable bonds is 4. The minimum absolute atomic E-state index is 0.0678. The zero-order chi connectivity index (χ0) is 14.0. The van der Waals surface area contributed by atoms with E-state index in [1.165, 1.54) is 18.2 Å². The average molecular weight is 373 g/mol. The topological polar surface area (TPSA) is 92.1 Å². The Bertz CT molecular complexity index is 707. The molecular formula is C9H7BrClNO4S2. The van der Waals surface area contributed by atoms with Gasteiger partial charge in [-0.15, -0.1) is 0 Å². The van der Waals surface area contributed by atoms with E-state index >= 15 is 0 Å². The Morgan fingerprint density at radius 1 is 1.22 bits per heavy atom. The summed E-state index contributed by atoms with van der Waals surface area (Å²) < 4.78 is 45.4. The van der Waals surface area contributed by atoms with Gasteiger partial charge in [0.05, 0.1) is 28.0 Å². The van der Waals surface area contributed by atoms with Gasteiger partial charge in [-0.2, -0.15) is 5.26 Å². The molecule has 0 aliphatic carbocycles. The standard InChI is InChI=1S/C9H7BrClNO4S2/c10-8-5-7(6-12)1-2-9(8)17(13,14)3-4-18(11,15)16/h1-2,5H,3-4H2. The molecule has 0 saturated heterocycles. The van der Waals surface area contributed by atoms with Crippen LogP contribution in [0.3, 0.4) is 0 Å². The number of halogens is 2. The highest BCUT2D eigenvalue weighted by atomic mass is 79.9. The van der Waals surface area contributed by atoms with Crippen LogP contribution in [0, 0.1) is 11.3 Å². The van der Waals surface area contributed by atoms with Gasteiger partial charge in [0.2, 0.25) is 9.05 Å². The van der Waals surface area contributed by atoms with E-state index in [0.29, 0.717) is 5.56 Å². The second kappa shape index (κ2) is 5.57.